The first kappa shape index (κ1) is 13.3. The van der Waals surface area contributed by atoms with E-state index in [1.54, 1.807) is 0 Å². The number of nitrogens with zero attached hydrogens (tertiary/aromatic N) is 2. The fraction of sp³-hybridized carbons (Fsp3) is 0.938. The zero-order chi connectivity index (χ0) is 13.4. The lowest BCUT2D eigenvalue weighted by Gasteiger charge is -2.35. The number of fused-ring (bicyclic) bond motifs is 2. The number of likely N-dealkylation sites (tertiary alicyclic amines) is 1. The molecule has 0 aromatic rings. The number of carbonyl (C=O) groups is 1. The molecule has 0 spiro atoms. The minimum absolute atomic E-state index is 0.273. The minimum Gasteiger partial charge on any atom is -0.327 e. The second-order valence-corrected chi connectivity index (χ2v) is 7.27. The molecule has 3 unspecified atom stereocenters. The van der Waals surface area contributed by atoms with Gasteiger partial charge in [-0.2, -0.15) is 0 Å². The Kier molecular flexibility index (Phi) is 3.72. The van der Waals surface area contributed by atoms with Crippen LogP contribution < -0.4 is 0 Å². The highest BCUT2D eigenvalue weighted by atomic mass is 16.2. The van der Waals surface area contributed by atoms with Crippen molar-refractivity contribution in [2.24, 2.45) is 23.7 Å². The highest BCUT2D eigenvalue weighted by Gasteiger charge is 2.40. The number of carbonyl (C=O) groups excluding carboxylic acids is 1. The highest BCUT2D eigenvalue weighted by Crippen LogP contribution is 2.48. The number of hydrogen-bond donors (Lipinski definition) is 0. The van der Waals surface area contributed by atoms with Crippen molar-refractivity contribution in [1.29, 1.82) is 0 Å². The van der Waals surface area contributed by atoms with Gasteiger partial charge in [-0.05, 0) is 55.8 Å². The lowest BCUT2D eigenvalue weighted by molar-refractivity contribution is 0.132. The van der Waals surface area contributed by atoms with E-state index in [0.717, 1.165) is 43.3 Å². The largest absolute Gasteiger partial charge is 0.327 e. The molecule has 3 atom stereocenters. The molecular formula is C16H28N2O. The Bertz CT molecular complexity index is 336. The van der Waals surface area contributed by atoms with Gasteiger partial charge in [0.05, 0.1) is 0 Å². The molecule has 3 aliphatic rings. The number of rotatable bonds is 2. The summed E-state index contributed by atoms with van der Waals surface area (Å²) in [6.45, 7) is 5.20. The molecular weight excluding hydrogens is 236 g/mol. The molecule has 1 heterocycles. The molecule has 2 bridgehead atoms. The van der Waals surface area contributed by atoms with E-state index in [1.165, 1.54) is 38.5 Å². The Hall–Kier alpha value is -0.730. The smallest absolute Gasteiger partial charge is 0.319 e. The second kappa shape index (κ2) is 5.34. The van der Waals surface area contributed by atoms with E-state index < -0.39 is 0 Å². The molecule has 1 saturated heterocycles. The highest BCUT2D eigenvalue weighted by molar-refractivity contribution is 5.74. The van der Waals surface area contributed by atoms with E-state index in [1.807, 2.05) is 11.9 Å². The number of piperidine rings is 1. The predicted molar refractivity (Wildman–Crippen MR) is 76.9 cm³/mol. The fourth-order valence-corrected chi connectivity index (χ4v) is 4.47. The summed E-state index contributed by atoms with van der Waals surface area (Å²) in [6, 6.07) is 0.273. The first-order chi connectivity index (χ1) is 9.13. The maximum absolute atomic E-state index is 12.5. The summed E-state index contributed by atoms with van der Waals surface area (Å²) in [4.78, 5) is 16.5. The van der Waals surface area contributed by atoms with Gasteiger partial charge >= 0.3 is 6.03 Å². The third-order valence-corrected chi connectivity index (χ3v) is 5.77. The van der Waals surface area contributed by atoms with Gasteiger partial charge < -0.3 is 9.80 Å². The molecule has 0 aromatic heterocycles. The molecule has 3 rings (SSSR count). The normalized spacial score (nSPS) is 34.8. The molecule has 0 aromatic carbocycles. The average Bonchev–Trinajstić information content (AvgIpc) is 3.01. The van der Waals surface area contributed by atoms with Crippen molar-refractivity contribution in [3.05, 3.63) is 0 Å². The number of urea groups is 1. The van der Waals surface area contributed by atoms with Crippen molar-refractivity contribution < 1.29 is 4.79 Å². The van der Waals surface area contributed by atoms with Crippen molar-refractivity contribution in [2.75, 3.05) is 26.7 Å². The molecule has 2 saturated carbocycles. The van der Waals surface area contributed by atoms with Crippen LogP contribution in [0, 0.1) is 23.7 Å². The standard InChI is InChI=1S/C16H28N2O/c1-12-5-7-18(8-6-12)16(19)17(2)11-15-10-13-3-4-14(15)9-13/h12-15H,3-11H2,1-2H3. The van der Waals surface area contributed by atoms with Crippen LogP contribution in [0.3, 0.4) is 0 Å². The Morgan fingerprint density at radius 2 is 1.89 bits per heavy atom. The van der Waals surface area contributed by atoms with Gasteiger partial charge in [0.25, 0.3) is 0 Å². The van der Waals surface area contributed by atoms with Crippen LogP contribution in [0.25, 0.3) is 0 Å². The fourth-order valence-electron chi connectivity index (χ4n) is 4.47. The zero-order valence-corrected chi connectivity index (χ0v) is 12.5. The van der Waals surface area contributed by atoms with Gasteiger partial charge in [0.2, 0.25) is 0 Å². The summed E-state index contributed by atoms with van der Waals surface area (Å²) in [6.07, 6.45) is 8.02. The third kappa shape index (κ3) is 2.75. The summed E-state index contributed by atoms with van der Waals surface area (Å²) in [5, 5.41) is 0. The van der Waals surface area contributed by atoms with E-state index >= 15 is 0 Å². The van der Waals surface area contributed by atoms with Crippen LogP contribution >= 0.6 is 0 Å². The van der Waals surface area contributed by atoms with Crippen LogP contribution in [0.1, 0.15) is 45.4 Å². The van der Waals surface area contributed by atoms with E-state index in [0.29, 0.717) is 0 Å². The van der Waals surface area contributed by atoms with Crippen molar-refractivity contribution in [2.45, 2.75) is 45.4 Å². The molecule has 1 aliphatic heterocycles. The van der Waals surface area contributed by atoms with E-state index in [-0.39, 0.29) is 6.03 Å². The summed E-state index contributed by atoms with van der Waals surface area (Å²) in [7, 11) is 2.01. The molecule has 0 radical (unpaired) electrons. The van der Waals surface area contributed by atoms with Gasteiger partial charge in [-0.15, -0.1) is 0 Å². The summed E-state index contributed by atoms with van der Waals surface area (Å²) in [5.74, 6) is 3.48. The summed E-state index contributed by atoms with van der Waals surface area (Å²) >= 11 is 0. The number of amides is 2. The predicted octanol–water partition coefficient (Wildman–Crippen LogP) is 3.21. The Balaban J connectivity index is 1.49. The van der Waals surface area contributed by atoms with Gasteiger partial charge in [0, 0.05) is 26.7 Å². The molecule has 108 valence electrons. The quantitative estimate of drug-likeness (QED) is 0.751. The van der Waals surface area contributed by atoms with Crippen molar-refractivity contribution in [3.8, 4) is 0 Å². The first-order valence-corrected chi connectivity index (χ1v) is 8.13. The van der Waals surface area contributed by atoms with E-state index in [4.69, 9.17) is 0 Å². The van der Waals surface area contributed by atoms with Gasteiger partial charge in [-0.25, -0.2) is 4.79 Å². The van der Waals surface area contributed by atoms with Crippen LogP contribution in [0.4, 0.5) is 4.79 Å². The molecule has 3 nitrogen and oxygen atoms in total. The van der Waals surface area contributed by atoms with Crippen molar-refractivity contribution in [3.63, 3.8) is 0 Å². The summed E-state index contributed by atoms with van der Waals surface area (Å²) in [5.41, 5.74) is 0. The third-order valence-electron chi connectivity index (χ3n) is 5.77. The van der Waals surface area contributed by atoms with E-state index in [2.05, 4.69) is 11.8 Å². The van der Waals surface area contributed by atoms with Gasteiger partial charge in [-0.3, -0.25) is 0 Å². The number of hydrogen-bond acceptors (Lipinski definition) is 1. The summed E-state index contributed by atoms with van der Waals surface area (Å²) < 4.78 is 0. The Labute approximate surface area is 117 Å². The lowest BCUT2D eigenvalue weighted by atomic mass is 9.88. The van der Waals surface area contributed by atoms with Gasteiger partial charge in [0.1, 0.15) is 0 Å². The van der Waals surface area contributed by atoms with Crippen LogP contribution in [-0.2, 0) is 0 Å². The molecule has 0 N–H and O–H groups in total. The minimum atomic E-state index is 0.273. The Morgan fingerprint density at radius 3 is 2.47 bits per heavy atom. The molecule has 2 aliphatic carbocycles. The SMILES string of the molecule is CC1CCN(C(=O)N(C)CC2CC3CCC2C3)CC1. The van der Waals surface area contributed by atoms with Crippen LogP contribution in [-0.4, -0.2) is 42.5 Å². The monoisotopic (exact) mass is 264 g/mol. The Morgan fingerprint density at radius 1 is 1.16 bits per heavy atom. The van der Waals surface area contributed by atoms with Crippen LogP contribution in [0.5, 0.6) is 0 Å². The van der Waals surface area contributed by atoms with Gasteiger partial charge in [-0.1, -0.05) is 13.3 Å². The topological polar surface area (TPSA) is 23.6 Å². The molecule has 3 heteroatoms. The maximum atomic E-state index is 12.5. The lowest BCUT2D eigenvalue weighted by Crippen LogP contribution is -2.46. The first-order valence-electron chi connectivity index (χ1n) is 8.13. The second-order valence-electron chi connectivity index (χ2n) is 7.27. The molecule has 2 amide bonds. The van der Waals surface area contributed by atoms with Crippen LogP contribution in [0.15, 0.2) is 0 Å². The molecule has 3 fully saturated rings. The van der Waals surface area contributed by atoms with E-state index in [9.17, 15) is 4.79 Å². The average molecular weight is 264 g/mol. The zero-order valence-electron chi connectivity index (χ0n) is 12.5. The maximum Gasteiger partial charge on any atom is 0.319 e. The van der Waals surface area contributed by atoms with Crippen LogP contribution in [0.2, 0.25) is 0 Å². The van der Waals surface area contributed by atoms with Gasteiger partial charge in [0.15, 0.2) is 0 Å². The molecule has 19 heavy (non-hydrogen) atoms. The van der Waals surface area contributed by atoms with Crippen molar-refractivity contribution in [1.82, 2.24) is 9.80 Å². The van der Waals surface area contributed by atoms with Crippen molar-refractivity contribution >= 4 is 6.03 Å².